The number of nitrogens with zero attached hydrogens (tertiary/aromatic N) is 2. The average molecular weight is 392 g/mol. The summed E-state index contributed by atoms with van der Waals surface area (Å²) in [4.78, 5) is 32.6. The van der Waals surface area contributed by atoms with Gasteiger partial charge in [0.1, 0.15) is 4.88 Å². The summed E-state index contributed by atoms with van der Waals surface area (Å²) in [7, 11) is 0. The Labute approximate surface area is 165 Å². The molecule has 0 fully saturated rings. The van der Waals surface area contributed by atoms with E-state index in [2.05, 4.69) is 22.2 Å². The van der Waals surface area contributed by atoms with Crippen molar-refractivity contribution < 1.29 is 4.79 Å². The van der Waals surface area contributed by atoms with E-state index in [0.29, 0.717) is 16.3 Å². The van der Waals surface area contributed by atoms with Crippen molar-refractivity contribution >= 4 is 33.8 Å². The van der Waals surface area contributed by atoms with E-state index in [1.807, 2.05) is 48.1 Å². The molecule has 0 atom stereocenters. The number of carbonyl (C=O) groups excluding carboxylic acids is 1. The zero-order chi connectivity index (χ0) is 19.7. The summed E-state index contributed by atoms with van der Waals surface area (Å²) in [5.74, 6) is -0.209. The fraction of sp³-hybridized carbons (Fsp3) is 0.190. The first-order chi connectivity index (χ1) is 13.5. The van der Waals surface area contributed by atoms with Crippen LogP contribution in [0.5, 0.6) is 0 Å². The molecule has 0 saturated carbocycles. The highest BCUT2D eigenvalue weighted by atomic mass is 32.1. The number of amides is 1. The Morgan fingerprint density at radius 3 is 2.79 bits per heavy atom. The normalized spacial score (nSPS) is 11.1. The lowest BCUT2D eigenvalue weighted by molar-refractivity contribution is 0.103. The fourth-order valence-electron chi connectivity index (χ4n) is 3.24. The van der Waals surface area contributed by atoms with Crippen LogP contribution < -0.4 is 10.9 Å². The smallest absolute Gasteiger partial charge is 0.267 e. The molecule has 1 aromatic carbocycles. The van der Waals surface area contributed by atoms with E-state index in [1.54, 1.807) is 12.1 Å². The Kier molecular flexibility index (Phi) is 4.83. The number of nitrogens with one attached hydrogen (secondary N) is 2. The minimum absolute atomic E-state index is 0.130. The molecule has 7 heteroatoms. The van der Waals surface area contributed by atoms with Crippen molar-refractivity contribution in [3.63, 3.8) is 0 Å². The van der Waals surface area contributed by atoms with Crippen molar-refractivity contribution in [3.05, 3.63) is 75.3 Å². The van der Waals surface area contributed by atoms with Crippen LogP contribution in [0.1, 0.15) is 34.3 Å². The maximum absolute atomic E-state index is 12.8. The summed E-state index contributed by atoms with van der Waals surface area (Å²) in [6.07, 6.45) is 5.60. The van der Waals surface area contributed by atoms with Gasteiger partial charge in [-0.3, -0.25) is 9.59 Å². The van der Waals surface area contributed by atoms with Crippen LogP contribution >= 0.6 is 11.3 Å². The Morgan fingerprint density at radius 1 is 1.25 bits per heavy atom. The highest BCUT2D eigenvalue weighted by Gasteiger charge is 2.16. The van der Waals surface area contributed by atoms with Crippen LogP contribution in [0.15, 0.2) is 53.6 Å². The summed E-state index contributed by atoms with van der Waals surface area (Å²) in [5, 5.41) is 4.67. The molecule has 0 unspecified atom stereocenters. The molecule has 0 aliphatic carbocycles. The van der Waals surface area contributed by atoms with Crippen molar-refractivity contribution in [3.8, 4) is 5.13 Å². The number of benzene rings is 1. The summed E-state index contributed by atoms with van der Waals surface area (Å²) >= 11 is 1.34. The van der Waals surface area contributed by atoms with E-state index in [1.165, 1.54) is 11.3 Å². The third kappa shape index (κ3) is 3.48. The molecule has 0 radical (unpaired) electrons. The van der Waals surface area contributed by atoms with Gasteiger partial charge in [-0.15, -0.1) is 0 Å². The first-order valence-corrected chi connectivity index (χ1v) is 9.95. The van der Waals surface area contributed by atoms with Gasteiger partial charge in [-0.25, -0.2) is 4.98 Å². The van der Waals surface area contributed by atoms with Crippen molar-refractivity contribution in [1.82, 2.24) is 14.5 Å². The van der Waals surface area contributed by atoms with Crippen LogP contribution in [0, 0.1) is 6.92 Å². The van der Waals surface area contributed by atoms with Gasteiger partial charge in [0, 0.05) is 29.5 Å². The van der Waals surface area contributed by atoms with Gasteiger partial charge in [0.05, 0.1) is 11.2 Å². The van der Waals surface area contributed by atoms with Gasteiger partial charge < -0.3 is 14.9 Å². The van der Waals surface area contributed by atoms with Gasteiger partial charge in [0.25, 0.3) is 5.91 Å². The molecule has 6 nitrogen and oxygen atoms in total. The molecule has 1 amide bonds. The third-order valence-corrected chi connectivity index (χ3v) is 5.69. The van der Waals surface area contributed by atoms with Gasteiger partial charge in [-0.1, -0.05) is 30.7 Å². The number of aromatic amines is 1. The number of H-pyrrole nitrogens is 1. The lowest BCUT2D eigenvalue weighted by Gasteiger charge is -2.08. The molecule has 4 rings (SSSR count). The van der Waals surface area contributed by atoms with E-state index >= 15 is 0 Å². The number of rotatable bonds is 5. The lowest BCUT2D eigenvalue weighted by Crippen LogP contribution is -2.12. The molecule has 3 aromatic heterocycles. The van der Waals surface area contributed by atoms with Gasteiger partial charge >= 0.3 is 0 Å². The monoisotopic (exact) mass is 392 g/mol. The summed E-state index contributed by atoms with van der Waals surface area (Å²) < 4.78 is 1.88. The van der Waals surface area contributed by atoms with Gasteiger partial charge in [0.2, 0.25) is 5.56 Å². The zero-order valence-corrected chi connectivity index (χ0v) is 16.5. The molecule has 2 N–H and O–H groups in total. The second-order valence-electron chi connectivity index (χ2n) is 6.62. The number of hydrogen-bond acceptors (Lipinski definition) is 4. The van der Waals surface area contributed by atoms with Gasteiger partial charge in [0.15, 0.2) is 5.13 Å². The highest BCUT2D eigenvalue weighted by molar-refractivity contribution is 7.16. The second kappa shape index (κ2) is 7.44. The summed E-state index contributed by atoms with van der Waals surface area (Å²) in [5.41, 5.74) is 2.94. The Morgan fingerprint density at radius 2 is 2.04 bits per heavy atom. The summed E-state index contributed by atoms with van der Waals surface area (Å²) in [6, 6.07) is 11.1. The molecule has 0 spiro atoms. The third-order valence-electron chi connectivity index (χ3n) is 4.52. The minimum Gasteiger partial charge on any atom is -0.322 e. The lowest BCUT2D eigenvalue weighted by atomic mass is 10.0. The molecule has 142 valence electrons. The molecular weight excluding hydrogens is 372 g/mol. The number of anilines is 1. The van der Waals surface area contributed by atoms with Crippen LogP contribution in [0.3, 0.4) is 0 Å². The average Bonchev–Trinajstić information content (AvgIpc) is 3.31. The molecular formula is C21H20N4O2S. The number of thiazole rings is 1. The summed E-state index contributed by atoms with van der Waals surface area (Å²) in [6.45, 7) is 3.91. The highest BCUT2D eigenvalue weighted by Crippen LogP contribution is 2.25. The molecule has 28 heavy (non-hydrogen) atoms. The van der Waals surface area contributed by atoms with Crippen molar-refractivity contribution in [2.24, 2.45) is 0 Å². The molecule has 4 aromatic rings. The van der Waals surface area contributed by atoms with Crippen LogP contribution in [0.4, 0.5) is 5.69 Å². The standard InChI is InChI=1S/C21H20N4O2S/c1-3-6-14-11-18(26)24-17-12-15(7-8-16(14)17)23-20(27)19-13(2)22-21(28-19)25-9-4-5-10-25/h4-5,7-12H,3,6H2,1-2H3,(H,23,27)(H,24,26). The Hall–Kier alpha value is -3.19. The molecule has 0 bridgehead atoms. The van der Waals surface area contributed by atoms with E-state index in [9.17, 15) is 9.59 Å². The van der Waals surface area contributed by atoms with Crippen LogP contribution in [-0.2, 0) is 6.42 Å². The van der Waals surface area contributed by atoms with Crippen LogP contribution in [0.25, 0.3) is 16.0 Å². The molecule has 3 heterocycles. The number of aryl methyl sites for hydroxylation is 2. The van der Waals surface area contributed by atoms with E-state index in [4.69, 9.17) is 0 Å². The Balaban J connectivity index is 1.63. The first kappa shape index (κ1) is 18.2. The van der Waals surface area contributed by atoms with Gasteiger partial charge in [-0.05, 0) is 43.2 Å². The quantitative estimate of drug-likeness (QED) is 0.532. The number of carbonyl (C=O) groups is 1. The molecule has 0 aliphatic rings. The second-order valence-corrected chi connectivity index (χ2v) is 7.60. The number of pyridine rings is 1. The van der Waals surface area contributed by atoms with Crippen molar-refractivity contribution in [2.75, 3.05) is 5.32 Å². The van der Waals surface area contributed by atoms with Crippen LogP contribution in [0.2, 0.25) is 0 Å². The van der Waals surface area contributed by atoms with Crippen LogP contribution in [-0.4, -0.2) is 20.4 Å². The minimum atomic E-state index is -0.209. The van der Waals surface area contributed by atoms with Crippen molar-refractivity contribution in [1.29, 1.82) is 0 Å². The maximum Gasteiger partial charge on any atom is 0.267 e. The van der Waals surface area contributed by atoms with Crippen molar-refractivity contribution in [2.45, 2.75) is 26.7 Å². The zero-order valence-electron chi connectivity index (χ0n) is 15.7. The predicted molar refractivity (Wildman–Crippen MR) is 113 cm³/mol. The predicted octanol–water partition coefficient (Wildman–Crippen LogP) is 4.29. The Bertz CT molecular complexity index is 1210. The van der Waals surface area contributed by atoms with E-state index < -0.39 is 0 Å². The van der Waals surface area contributed by atoms with E-state index in [-0.39, 0.29) is 11.5 Å². The maximum atomic E-state index is 12.8. The first-order valence-electron chi connectivity index (χ1n) is 9.13. The van der Waals surface area contributed by atoms with E-state index in [0.717, 1.165) is 34.4 Å². The molecule has 0 aliphatic heterocycles. The molecule has 0 saturated heterocycles. The SMILES string of the molecule is CCCc1cc(=O)[nH]c2cc(NC(=O)c3sc(-n4cccc4)nc3C)ccc12. The largest absolute Gasteiger partial charge is 0.322 e. The number of aromatic nitrogens is 3. The number of hydrogen-bond donors (Lipinski definition) is 2. The topological polar surface area (TPSA) is 79.8 Å². The fourth-order valence-corrected chi connectivity index (χ4v) is 4.17. The van der Waals surface area contributed by atoms with Gasteiger partial charge in [-0.2, -0.15) is 0 Å². The number of fused-ring (bicyclic) bond motifs is 1.